The van der Waals surface area contributed by atoms with Crippen LogP contribution in [0.3, 0.4) is 0 Å². The zero-order valence-electron chi connectivity index (χ0n) is 11.8. The second-order valence-corrected chi connectivity index (χ2v) is 5.80. The van der Waals surface area contributed by atoms with Crippen LogP contribution in [0.5, 0.6) is 0 Å². The number of hydrogen-bond donors (Lipinski definition) is 2. The van der Waals surface area contributed by atoms with Gasteiger partial charge in [-0.1, -0.05) is 0 Å². The van der Waals surface area contributed by atoms with Gasteiger partial charge in [0.05, 0.1) is 12.3 Å². The molecule has 0 saturated carbocycles. The molecule has 0 spiro atoms. The van der Waals surface area contributed by atoms with Crippen molar-refractivity contribution < 1.29 is 14.3 Å². The van der Waals surface area contributed by atoms with Gasteiger partial charge in [-0.2, -0.15) is 4.37 Å². The Kier molecular flexibility index (Phi) is 4.88. The van der Waals surface area contributed by atoms with Crippen molar-refractivity contribution in [2.75, 3.05) is 11.9 Å². The summed E-state index contributed by atoms with van der Waals surface area (Å²) in [5.74, 6) is -0.472. The fourth-order valence-corrected chi connectivity index (χ4v) is 2.15. The molecule has 0 radical (unpaired) electrons. The van der Waals surface area contributed by atoms with E-state index < -0.39 is 5.97 Å². The molecule has 19 heavy (non-hydrogen) atoms. The molecular formula is C12H19N3O3S. The lowest BCUT2D eigenvalue weighted by Crippen LogP contribution is -2.43. The maximum Gasteiger partial charge on any atom is 0.343 e. The summed E-state index contributed by atoms with van der Waals surface area (Å²) in [6, 6.07) is -0.373. The van der Waals surface area contributed by atoms with Crippen LogP contribution >= 0.6 is 11.5 Å². The van der Waals surface area contributed by atoms with Gasteiger partial charge < -0.3 is 10.1 Å². The second kappa shape index (κ2) is 6.01. The van der Waals surface area contributed by atoms with Crippen LogP contribution < -0.4 is 10.6 Å². The number of ether oxygens (including phenoxy) is 1. The van der Waals surface area contributed by atoms with Gasteiger partial charge in [-0.05, 0) is 46.2 Å². The van der Waals surface area contributed by atoms with Crippen molar-refractivity contribution in [1.82, 2.24) is 9.69 Å². The average molecular weight is 285 g/mol. The van der Waals surface area contributed by atoms with Crippen LogP contribution in [-0.4, -0.2) is 28.5 Å². The highest BCUT2D eigenvalue weighted by molar-refractivity contribution is 7.11. The van der Waals surface area contributed by atoms with Crippen LogP contribution in [0, 0.1) is 6.92 Å². The Morgan fingerprint density at radius 3 is 2.53 bits per heavy atom. The smallest absolute Gasteiger partial charge is 0.343 e. The fourth-order valence-electron chi connectivity index (χ4n) is 1.37. The highest BCUT2D eigenvalue weighted by atomic mass is 32.1. The SMILES string of the molecule is CCOC(=O)c1c(C)nsc1NC(=O)NC(C)(C)C. The Balaban J connectivity index is 2.85. The Labute approximate surface area is 116 Å². The van der Waals surface area contributed by atoms with E-state index in [-0.39, 0.29) is 18.2 Å². The summed E-state index contributed by atoms with van der Waals surface area (Å²) >= 11 is 1.06. The van der Waals surface area contributed by atoms with E-state index >= 15 is 0 Å². The summed E-state index contributed by atoms with van der Waals surface area (Å²) in [6.45, 7) is 9.33. The Morgan fingerprint density at radius 1 is 1.37 bits per heavy atom. The van der Waals surface area contributed by atoms with Crippen LogP contribution in [0.25, 0.3) is 0 Å². The van der Waals surface area contributed by atoms with Crippen LogP contribution in [0.1, 0.15) is 43.7 Å². The molecule has 1 aromatic rings. The first kappa shape index (κ1) is 15.4. The van der Waals surface area contributed by atoms with Gasteiger partial charge in [0, 0.05) is 5.54 Å². The number of urea groups is 1. The molecule has 106 valence electrons. The molecule has 1 heterocycles. The number of rotatable bonds is 3. The summed E-state index contributed by atoms with van der Waals surface area (Å²) in [5.41, 5.74) is 0.513. The summed E-state index contributed by atoms with van der Waals surface area (Å²) in [4.78, 5) is 23.6. The first-order valence-electron chi connectivity index (χ1n) is 5.97. The van der Waals surface area contributed by atoms with Crippen molar-refractivity contribution in [1.29, 1.82) is 0 Å². The second-order valence-electron chi connectivity index (χ2n) is 5.02. The van der Waals surface area contributed by atoms with E-state index in [1.165, 1.54) is 0 Å². The minimum absolute atomic E-state index is 0.280. The Morgan fingerprint density at radius 2 is 2.00 bits per heavy atom. The lowest BCUT2D eigenvalue weighted by Gasteiger charge is -2.20. The molecule has 1 rings (SSSR count). The number of nitrogens with one attached hydrogen (secondary N) is 2. The molecule has 2 N–H and O–H groups in total. The monoisotopic (exact) mass is 285 g/mol. The molecule has 0 aromatic carbocycles. The topological polar surface area (TPSA) is 80.3 Å². The van der Waals surface area contributed by atoms with Gasteiger partial charge in [0.15, 0.2) is 0 Å². The van der Waals surface area contributed by atoms with E-state index in [9.17, 15) is 9.59 Å². The largest absolute Gasteiger partial charge is 0.462 e. The first-order chi connectivity index (χ1) is 8.74. The molecule has 0 aliphatic rings. The van der Waals surface area contributed by atoms with Crippen LogP contribution in [-0.2, 0) is 4.74 Å². The average Bonchev–Trinajstić information content (AvgIpc) is 2.57. The van der Waals surface area contributed by atoms with E-state index in [0.717, 1.165) is 11.5 Å². The third-order valence-corrected chi connectivity index (χ3v) is 2.91. The van der Waals surface area contributed by atoms with Gasteiger partial charge in [0.25, 0.3) is 0 Å². The lowest BCUT2D eigenvalue weighted by molar-refractivity contribution is 0.0527. The number of esters is 1. The molecule has 0 aliphatic carbocycles. The molecule has 7 heteroatoms. The molecular weight excluding hydrogens is 266 g/mol. The normalized spacial score (nSPS) is 11.0. The third kappa shape index (κ3) is 4.51. The maximum atomic E-state index is 11.8. The number of anilines is 1. The number of carbonyl (C=O) groups is 2. The van der Waals surface area contributed by atoms with Gasteiger partial charge in [0.2, 0.25) is 0 Å². The number of aryl methyl sites for hydroxylation is 1. The predicted octanol–water partition coefficient (Wildman–Crippen LogP) is 2.55. The van der Waals surface area contributed by atoms with Gasteiger partial charge in [-0.3, -0.25) is 5.32 Å². The van der Waals surface area contributed by atoms with E-state index in [1.807, 2.05) is 20.8 Å². The molecule has 0 aliphatic heterocycles. The minimum atomic E-state index is -0.472. The highest BCUT2D eigenvalue weighted by Gasteiger charge is 2.22. The molecule has 0 bridgehead atoms. The molecule has 0 atom stereocenters. The van der Waals surface area contributed by atoms with Crippen LogP contribution in [0.15, 0.2) is 0 Å². The summed E-state index contributed by atoms with van der Waals surface area (Å²) in [7, 11) is 0. The van der Waals surface area contributed by atoms with E-state index in [1.54, 1.807) is 13.8 Å². The number of nitrogens with zero attached hydrogens (tertiary/aromatic N) is 1. The summed E-state index contributed by atoms with van der Waals surface area (Å²) in [5, 5.41) is 5.78. The van der Waals surface area contributed by atoms with Crippen molar-refractivity contribution in [3.63, 3.8) is 0 Å². The summed E-state index contributed by atoms with van der Waals surface area (Å²) < 4.78 is 9.01. The molecule has 1 aromatic heterocycles. The van der Waals surface area contributed by atoms with Crippen molar-refractivity contribution in [2.24, 2.45) is 0 Å². The number of hydrogen-bond acceptors (Lipinski definition) is 5. The quantitative estimate of drug-likeness (QED) is 0.836. The molecule has 6 nitrogen and oxygen atoms in total. The van der Waals surface area contributed by atoms with Gasteiger partial charge in [0.1, 0.15) is 10.6 Å². The number of carbonyl (C=O) groups excluding carboxylic acids is 2. The highest BCUT2D eigenvalue weighted by Crippen LogP contribution is 2.25. The third-order valence-electron chi connectivity index (χ3n) is 2.06. The maximum absolute atomic E-state index is 11.8. The molecule has 0 saturated heterocycles. The van der Waals surface area contributed by atoms with Gasteiger partial charge in [-0.25, -0.2) is 9.59 Å². The van der Waals surface area contributed by atoms with Crippen LogP contribution in [0.4, 0.5) is 9.80 Å². The van der Waals surface area contributed by atoms with Crippen molar-refractivity contribution >= 4 is 28.5 Å². The molecule has 2 amide bonds. The standard InChI is InChI=1S/C12H19N3O3S/c1-6-18-10(16)8-7(2)15-19-9(8)13-11(17)14-12(3,4)5/h6H2,1-5H3,(H2,13,14,17). The number of amides is 2. The van der Waals surface area contributed by atoms with Crippen molar-refractivity contribution in [3.05, 3.63) is 11.3 Å². The predicted molar refractivity (Wildman–Crippen MR) is 74.7 cm³/mol. The van der Waals surface area contributed by atoms with Gasteiger partial charge in [-0.15, -0.1) is 0 Å². The van der Waals surface area contributed by atoms with E-state index in [2.05, 4.69) is 15.0 Å². The van der Waals surface area contributed by atoms with Crippen LogP contribution in [0.2, 0.25) is 0 Å². The Hall–Kier alpha value is -1.63. The lowest BCUT2D eigenvalue weighted by atomic mass is 10.1. The fraction of sp³-hybridized carbons (Fsp3) is 0.583. The number of aromatic nitrogens is 1. The van der Waals surface area contributed by atoms with E-state index in [4.69, 9.17) is 4.74 Å². The van der Waals surface area contributed by atoms with Crippen molar-refractivity contribution in [2.45, 2.75) is 40.2 Å². The molecule has 0 unspecified atom stereocenters. The summed E-state index contributed by atoms with van der Waals surface area (Å²) in [6.07, 6.45) is 0. The molecule has 0 fully saturated rings. The van der Waals surface area contributed by atoms with E-state index in [0.29, 0.717) is 16.3 Å². The zero-order valence-corrected chi connectivity index (χ0v) is 12.6. The van der Waals surface area contributed by atoms with Gasteiger partial charge >= 0.3 is 12.0 Å². The zero-order chi connectivity index (χ0) is 14.6. The minimum Gasteiger partial charge on any atom is -0.462 e. The van der Waals surface area contributed by atoms with Crippen molar-refractivity contribution in [3.8, 4) is 0 Å². The Bertz CT molecular complexity index is 477. The first-order valence-corrected chi connectivity index (χ1v) is 6.74.